The van der Waals surface area contributed by atoms with Crippen molar-refractivity contribution in [3.05, 3.63) is 42.0 Å². The standard InChI is InChI=1S/C13H12N4O/c1-9-11(6-16(2)15-9)12-7-17-4-3-10(8-18)5-13(17)14-12/h3-8H,1-2H3. The van der Waals surface area contributed by atoms with Crippen LogP contribution >= 0.6 is 0 Å². The van der Waals surface area contributed by atoms with E-state index in [-0.39, 0.29) is 0 Å². The maximum Gasteiger partial charge on any atom is 0.150 e. The van der Waals surface area contributed by atoms with E-state index in [1.165, 1.54) is 0 Å². The van der Waals surface area contributed by atoms with Gasteiger partial charge in [0.05, 0.1) is 11.4 Å². The Balaban J connectivity index is 2.18. The molecule has 0 N–H and O–H groups in total. The molecule has 0 atom stereocenters. The molecule has 3 aromatic heterocycles. The summed E-state index contributed by atoms with van der Waals surface area (Å²) in [4.78, 5) is 15.3. The molecule has 0 spiro atoms. The summed E-state index contributed by atoms with van der Waals surface area (Å²) < 4.78 is 3.67. The van der Waals surface area contributed by atoms with E-state index in [1.807, 2.05) is 37.0 Å². The van der Waals surface area contributed by atoms with Gasteiger partial charge in [-0.1, -0.05) is 0 Å². The number of fused-ring (bicyclic) bond motifs is 1. The molecule has 90 valence electrons. The molecular formula is C13H12N4O. The van der Waals surface area contributed by atoms with E-state index in [2.05, 4.69) is 10.1 Å². The van der Waals surface area contributed by atoms with Crippen LogP contribution in [-0.4, -0.2) is 25.5 Å². The Morgan fingerprint density at radius 1 is 1.33 bits per heavy atom. The van der Waals surface area contributed by atoms with Crippen LogP contribution in [0.5, 0.6) is 0 Å². The highest BCUT2D eigenvalue weighted by molar-refractivity contribution is 5.77. The molecule has 0 aliphatic rings. The molecule has 3 heterocycles. The number of imidazole rings is 1. The number of aromatic nitrogens is 4. The molecule has 0 aliphatic carbocycles. The average molecular weight is 240 g/mol. The van der Waals surface area contributed by atoms with Crippen LogP contribution in [0.3, 0.4) is 0 Å². The van der Waals surface area contributed by atoms with Crippen LogP contribution in [0.4, 0.5) is 0 Å². The minimum Gasteiger partial charge on any atom is -0.306 e. The van der Waals surface area contributed by atoms with E-state index in [0.29, 0.717) is 5.56 Å². The molecule has 0 aromatic carbocycles. The van der Waals surface area contributed by atoms with Crippen molar-refractivity contribution in [1.82, 2.24) is 19.2 Å². The van der Waals surface area contributed by atoms with Crippen molar-refractivity contribution >= 4 is 11.9 Å². The maximum absolute atomic E-state index is 10.7. The number of pyridine rings is 1. The third kappa shape index (κ3) is 1.60. The Morgan fingerprint density at radius 3 is 2.83 bits per heavy atom. The molecule has 0 radical (unpaired) electrons. The van der Waals surface area contributed by atoms with E-state index < -0.39 is 0 Å². The fraction of sp³-hybridized carbons (Fsp3) is 0.154. The third-order valence-electron chi connectivity index (χ3n) is 2.91. The Hall–Kier alpha value is -2.43. The van der Waals surface area contributed by atoms with Crippen LogP contribution in [0.2, 0.25) is 0 Å². The van der Waals surface area contributed by atoms with Crippen molar-refractivity contribution < 1.29 is 4.79 Å². The zero-order chi connectivity index (χ0) is 12.7. The molecule has 5 heteroatoms. The molecule has 0 amide bonds. The monoisotopic (exact) mass is 240 g/mol. The topological polar surface area (TPSA) is 52.2 Å². The van der Waals surface area contributed by atoms with E-state index >= 15 is 0 Å². The second kappa shape index (κ2) is 3.80. The predicted octanol–water partition coefficient (Wildman–Crippen LogP) is 1.86. The van der Waals surface area contributed by atoms with Crippen LogP contribution < -0.4 is 0 Å². The second-order valence-corrected chi connectivity index (χ2v) is 4.27. The van der Waals surface area contributed by atoms with Gasteiger partial charge in [-0.2, -0.15) is 5.10 Å². The molecule has 0 unspecified atom stereocenters. The first-order valence-corrected chi connectivity index (χ1v) is 5.62. The van der Waals surface area contributed by atoms with Gasteiger partial charge in [0.2, 0.25) is 0 Å². The van der Waals surface area contributed by atoms with Gasteiger partial charge in [-0.05, 0) is 19.1 Å². The van der Waals surface area contributed by atoms with Crippen molar-refractivity contribution in [2.24, 2.45) is 7.05 Å². The number of aryl methyl sites for hydroxylation is 2. The number of aldehydes is 1. The zero-order valence-electron chi connectivity index (χ0n) is 10.2. The molecule has 0 saturated carbocycles. The van der Waals surface area contributed by atoms with E-state index in [0.717, 1.165) is 28.9 Å². The Morgan fingerprint density at radius 2 is 2.17 bits per heavy atom. The van der Waals surface area contributed by atoms with E-state index in [9.17, 15) is 4.79 Å². The van der Waals surface area contributed by atoms with Crippen LogP contribution in [0.25, 0.3) is 16.9 Å². The van der Waals surface area contributed by atoms with Gasteiger partial charge in [0.15, 0.2) is 0 Å². The quantitative estimate of drug-likeness (QED) is 0.642. The summed E-state index contributed by atoms with van der Waals surface area (Å²) in [5.74, 6) is 0. The van der Waals surface area contributed by atoms with Crippen LogP contribution in [-0.2, 0) is 7.05 Å². The molecule has 3 aromatic rings. The van der Waals surface area contributed by atoms with Crippen molar-refractivity contribution in [3.8, 4) is 11.3 Å². The minimum atomic E-state index is 0.627. The summed E-state index contributed by atoms with van der Waals surface area (Å²) in [5, 5.41) is 4.30. The molecule has 18 heavy (non-hydrogen) atoms. The lowest BCUT2D eigenvalue weighted by atomic mass is 10.2. The number of hydrogen-bond acceptors (Lipinski definition) is 3. The molecule has 0 bridgehead atoms. The highest BCUT2D eigenvalue weighted by Gasteiger charge is 2.10. The van der Waals surface area contributed by atoms with Crippen molar-refractivity contribution in [2.75, 3.05) is 0 Å². The number of nitrogens with zero attached hydrogens (tertiary/aromatic N) is 4. The smallest absolute Gasteiger partial charge is 0.150 e. The largest absolute Gasteiger partial charge is 0.306 e. The average Bonchev–Trinajstić information content (AvgIpc) is 2.90. The van der Waals surface area contributed by atoms with Gasteiger partial charge in [-0.3, -0.25) is 9.48 Å². The maximum atomic E-state index is 10.7. The second-order valence-electron chi connectivity index (χ2n) is 4.27. The third-order valence-corrected chi connectivity index (χ3v) is 2.91. The number of hydrogen-bond donors (Lipinski definition) is 0. The Labute approximate surface area is 104 Å². The Bertz CT molecular complexity index is 739. The number of carbonyl (C=O) groups excluding carboxylic acids is 1. The fourth-order valence-electron chi connectivity index (χ4n) is 2.05. The van der Waals surface area contributed by atoms with Gasteiger partial charge in [0, 0.05) is 36.8 Å². The molecule has 5 nitrogen and oxygen atoms in total. The van der Waals surface area contributed by atoms with Crippen molar-refractivity contribution in [1.29, 1.82) is 0 Å². The summed E-state index contributed by atoms with van der Waals surface area (Å²) in [6, 6.07) is 3.53. The molecular weight excluding hydrogens is 228 g/mol. The van der Waals surface area contributed by atoms with E-state index in [4.69, 9.17) is 0 Å². The summed E-state index contributed by atoms with van der Waals surface area (Å²) in [6.45, 7) is 1.95. The highest BCUT2D eigenvalue weighted by atomic mass is 16.1. The summed E-state index contributed by atoms with van der Waals surface area (Å²) >= 11 is 0. The normalized spacial score (nSPS) is 11.0. The van der Waals surface area contributed by atoms with Crippen LogP contribution in [0.15, 0.2) is 30.7 Å². The predicted molar refractivity (Wildman–Crippen MR) is 67.5 cm³/mol. The van der Waals surface area contributed by atoms with Gasteiger partial charge in [0.1, 0.15) is 11.9 Å². The SMILES string of the molecule is Cc1nn(C)cc1-c1cn2ccc(C=O)cc2n1. The van der Waals surface area contributed by atoms with Gasteiger partial charge in [0.25, 0.3) is 0 Å². The molecule has 0 fully saturated rings. The zero-order valence-corrected chi connectivity index (χ0v) is 10.2. The molecule has 3 rings (SSSR count). The van der Waals surface area contributed by atoms with E-state index in [1.54, 1.807) is 16.8 Å². The molecule has 0 saturated heterocycles. The number of carbonyl (C=O) groups is 1. The lowest BCUT2D eigenvalue weighted by Gasteiger charge is -1.91. The van der Waals surface area contributed by atoms with Crippen LogP contribution in [0.1, 0.15) is 16.1 Å². The number of rotatable bonds is 2. The van der Waals surface area contributed by atoms with Crippen LogP contribution in [0, 0.1) is 6.92 Å². The van der Waals surface area contributed by atoms with Crippen molar-refractivity contribution in [3.63, 3.8) is 0 Å². The van der Waals surface area contributed by atoms with Gasteiger partial charge in [-0.25, -0.2) is 4.98 Å². The van der Waals surface area contributed by atoms with Gasteiger partial charge >= 0.3 is 0 Å². The first kappa shape index (κ1) is 10.7. The first-order chi connectivity index (χ1) is 8.67. The minimum absolute atomic E-state index is 0.627. The lowest BCUT2D eigenvalue weighted by molar-refractivity contribution is 0.112. The summed E-state index contributed by atoms with van der Waals surface area (Å²) in [5.41, 5.74) is 4.20. The highest BCUT2D eigenvalue weighted by Crippen LogP contribution is 2.21. The van der Waals surface area contributed by atoms with Gasteiger partial charge < -0.3 is 4.40 Å². The van der Waals surface area contributed by atoms with Crippen molar-refractivity contribution in [2.45, 2.75) is 6.92 Å². The molecule has 0 aliphatic heterocycles. The first-order valence-electron chi connectivity index (χ1n) is 5.62. The van der Waals surface area contributed by atoms with Gasteiger partial charge in [-0.15, -0.1) is 0 Å². The summed E-state index contributed by atoms with van der Waals surface area (Å²) in [7, 11) is 1.89. The summed E-state index contributed by atoms with van der Waals surface area (Å²) in [6.07, 6.45) is 6.54. The Kier molecular flexibility index (Phi) is 2.26. The lowest BCUT2D eigenvalue weighted by Crippen LogP contribution is -1.86. The fourth-order valence-corrected chi connectivity index (χ4v) is 2.05.